The first-order valence-electron chi connectivity index (χ1n) is 8.25. The molecule has 4 rings (SSSR count). The summed E-state index contributed by atoms with van der Waals surface area (Å²) in [7, 11) is 0. The van der Waals surface area contributed by atoms with Gasteiger partial charge in [0.2, 0.25) is 5.95 Å². The first kappa shape index (κ1) is 14.9. The second-order valence-corrected chi connectivity index (χ2v) is 6.09. The SMILES string of the molecule is CCc1ccc([C@@H]2C[C@@H](c3ccccc3F)n3ncnc3N2)cc1. The minimum atomic E-state index is -0.203. The van der Waals surface area contributed by atoms with E-state index in [-0.39, 0.29) is 17.9 Å². The van der Waals surface area contributed by atoms with Gasteiger partial charge < -0.3 is 5.32 Å². The molecule has 2 atom stereocenters. The van der Waals surface area contributed by atoms with Gasteiger partial charge in [-0.25, -0.2) is 9.07 Å². The maximum atomic E-state index is 14.3. The van der Waals surface area contributed by atoms with Gasteiger partial charge in [0.15, 0.2) is 0 Å². The van der Waals surface area contributed by atoms with E-state index in [1.165, 1.54) is 23.5 Å². The molecule has 5 heteroatoms. The Labute approximate surface area is 140 Å². The van der Waals surface area contributed by atoms with Crippen molar-refractivity contribution in [2.45, 2.75) is 31.8 Å². The van der Waals surface area contributed by atoms with Crippen molar-refractivity contribution in [3.63, 3.8) is 0 Å². The molecule has 122 valence electrons. The average Bonchev–Trinajstić information content (AvgIpc) is 3.10. The molecule has 0 fully saturated rings. The van der Waals surface area contributed by atoms with Gasteiger partial charge in [-0.1, -0.05) is 49.4 Å². The van der Waals surface area contributed by atoms with Crippen LogP contribution in [0.3, 0.4) is 0 Å². The molecule has 1 aliphatic rings. The van der Waals surface area contributed by atoms with Crippen LogP contribution in [0, 0.1) is 5.82 Å². The van der Waals surface area contributed by atoms with Crippen LogP contribution in [0.4, 0.5) is 10.3 Å². The van der Waals surface area contributed by atoms with Gasteiger partial charge in [-0.2, -0.15) is 10.1 Å². The van der Waals surface area contributed by atoms with Gasteiger partial charge in [0, 0.05) is 5.56 Å². The summed E-state index contributed by atoms with van der Waals surface area (Å²) in [4.78, 5) is 4.29. The van der Waals surface area contributed by atoms with E-state index in [1.807, 2.05) is 12.1 Å². The van der Waals surface area contributed by atoms with Gasteiger partial charge in [0.25, 0.3) is 0 Å². The minimum absolute atomic E-state index is 0.0808. The van der Waals surface area contributed by atoms with Crippen molar-refractivity contribution in [2.75, 3.05) is 5.32 Å². The number of halogens is 1. The van der Waals surface area contributed by atoms with Crippen LogP contribution < -0.4 is 5.32 Å². The second kappa shape index (κ2) is 6.07. The lowest BCUT2D eigenvalue weighted by Crippen LogP contribution is -2.28. The number of aromatic nitrogens is 3. The molecule has 2 heterocycles. The first-order chi connectivity index (χ1) is 11.8. The quantitative estimate of drug-likeness (QED) is 0.788. The molecule has 0 amide bonds. The average molecular weight is 322 g/mol. The Morgan fingerprint density at radius 1 is 1.17 bits per heavy atom. The Hall–Kier alpha value is -2.69. The van der Waals surface area contributed by atoms with Crippen LogP contribution in [0.25, 0.3) is 0 Å². The van der Waals surface area contributed by atoms with Crippen molar-refractivity contribution in [2.24, 2.45) is 0 Å². The Kier molecular flexibility index (Phi) is 3.76. The summed E-state index contributed by atoms with van der Waals surface area (Å²) in [6.07, 6.45) is 3.26. The van der Waals surface area contributed by atoms with Gasteiger partial charge in [0.1, 0.15) is 12.1 Å². The fourth-order valence-electron chi connectivity index (χ4n) is 3.33. The van der Waals surface area contributed by atoms with E-state index in [0.29, 0.717) is 11.5 Å². The molecule has 3 aromatic rings. The van der Waals surface area contributed by atoms with Gasteiger partial charge >= 0.3 is 0 Å². The fourth-order valence-corrected chi connectivity index (χ4v) is 3.33. The van der Waals surface area contributed by atoms with Crippen molar-refractivity contribution >= 4 is 5.95 Å². The predicted octanol–water partition coefficient (Wildman–Crippen LogP) is 4.13. The third-order valence-corrected chi connectivity index (χ3v) is 4.69. The van der Waals surface area contributed by atoms with Crippen LogP contribution in [-0.4, -0.2) is 14.8 Å². The van der Waals surface area contributed by atoms with Crippen molar-refractivity contribution in [3.05, 3.63) is 77.4 Å². The lowest BCUT2D eigenvalue weighted by molar-refractivity contribution is 0.416. The zero-order valence-corrected chi connectivity index (χ0v) is 13.5. The molecule has 0 spiro atoms. The molecular formula is C19H19FN4. The van der Waals surface area contributed by atoms with E-state index in [2.05, 4.69) is 46.6 Å². The summed E-state index contributed by atoms with van der Waals surface area (Å²) in [6, 6.07) is 15.4. The van der Waals surface area contributed by atoms with Crippen molar-refractivity contribution in [1.82, 2.24) is 14.8 Å². The Morgan fingerprint density at radius 3 is 2.71 bits per heavy atom. The van der Waals surface area contributed by atoms with Gasteiger partial charge in [-0.05, 0) is 30.0 Å². The van der Waals surface area contributed by atoms with Crippen LogP contribution in [0.2, 0.25) is 0 Å². The van der Waals surface area contributed by atoms with E-state index < -0.39 is 0 Å². The molecular weight excluding hydrogens is 303 g/mol. The molecule has 1 N–H and O–H groups in total. The Bertz CT molecular complexity index is 841. The van der Waals surface area contributed by atoms with Gasteiger partial charge in [-0.15, -0.1) is 0 Å². The predicted molar refractivity (Wildman–Crippen MR) is 91.4 cm³/mol. The van der Waals surface area contributed by atoms with Crippen molar-refractivity contribution < 1.29 is 4.39 Å². The molecule has 24 heavy (non-hydrogen) atoms. The second-order valence-electron chi connectivity index (χ2n) is 6.09. The normalized spacial score (nSPS) is 19.6. The number of rotatable bonds is 3. The molecule has 0 bridgehead atoms. The van der Waals surface area contributed by atoms with Gasteiger partial charge in [-0.3, -0.25) is 0 Å². The summed E-state index contributed by atoms with van der Waals surface area (Å²) in [5.74, 6) is 0.477. The molecule has 0 saturated heterocycles. The molecule has 0 saturated carbocycles. The van der Waals surface area contributed by atoms with E-state index in [4.69, 9.17) is 0 Å². The third kappa shape index (κ3) is 2.56. The summed E-state index contributed by atoms with van der Waals surface area (Å²) in [5.41, 5.74) is 3.15. The van der Waals surface area contributed by atoms with Crippen LogP contribution in [0.15, 0.2) is 54.9 Å². The number of hydrogen-bond donors (Lipinski definition) is 1. The number of anilines is 1. The van der Waals surface area contributed by atoms with Crippen molar-refractivity contribution in [3.8, 4) is 0 Å². The highest BCUT2D eigenvalue weighted by atomic mass is 19.1. The van der Waals surface area contributed by atoms with Crippen LogP contribution >= 0.6 is 0 Å². The van der Waals surface area contributed by atoms with E-state index >= 15 is 0 Å². The Morgan fingerprint density at radius 2 is 1.96 bits per heavy atom. The molecule has 0 unspecified atom stereocenters. The topological polar surface area (TPSA) is 42.7 Å². The highest BCUT2D eigenvalue weighted by molar-refractivity contribution is 5.39. The zero-order valence-electron chi connectivity index (χ0n) is 13.5. The molecule has 1 aliphatic heterocycles. The number of nitrogens with one attached hydrogen (secondary N) is 1. The van der Waals surface area contributed by atoms with Gasteiger partial charge in [0.05, 0.1) is 12.1 Å². The monoisotopic (exact) mass is 322 g/mol. The summed E-state index contributed by atoms with van der Waals surface area (Å²) in [6.45, 7) is 2.14. The summed E-state index contributed by atoms with van der Waals surface area (Å²) >= 11 is 0. The number of fused-ring (bicyclic) bond motifs is 1. The summed E-state index contributed by atoms with van der Waals surface area (Å²) < 4.78 is 16.1. The maximum Gasteiger partial charge on any atom is 0.222 e. The standard InChI is InChI=1S/C19H19FN4/c1-2-13-7-9-14(10-8-13)17-11-18(15-5-3-4-6-16(15)20)24-19(23-17)21-12-22-24/h3-10,12,17-18H,2,11H2,1H3,(H,21,22,23)/t17-,18-/m0/s1. The fraction of sp³-hybridized carbons (Fsp3) is 0.263. The smallest absolute Gasteiger partial charge is 0.222 e. The molecule has 1 aromatic heterocycles. The third-order valence-electron chi connectivity index (χ3n) is 4.69. The molecule has 0 aliphatic carbocycles. The summed E-state index contributed by atoms with van der Waals surface area (Å²) in [5, 5.41) is 7.70. The first-order valence-corrected chi connectivity index (χ1v) is 8.25. The van der Waals surface area contributed by atoms with Crippen LogP contribution in [0.5, 0.6) is 0 Å². The lowest BCUT2D eigenvalue weighted by atomic mass is 9.92. The number of hydrogen-bond acceptors (Lipinski definition) is 3. The van der Waals surface area contributed by atoms with Crippen molar-refractivity contribution in [1.29, 1.82) is 0 Å². The number of nitrogens with zero attached hydrogens (tertiary/aromatic N) is 3. The highest BCUT2D eigenvalue weighted by Crippen LogP contribution is 2.38. The number of aryl methyl sites for hydroxylation is 1. The van der Waals surface area contributed by atoms with E-state index in [1.54, 1.807) is 10.7 Å². The van der Waals surface area contributed by atoms with E-state index in [0.717, 1.165) is 12.8 Å². The maximum absolute atomic E-state index is 14.3. The minimum Gasteiger partial charge on any atom is -0.348 e. The van der Waals surface area contributed by atoms with Crippen LogP contribution in [-0.2, 0) is 6.42 Å². The largest absolute Gasteiger partial charge is 0.348 e. The van der Waals surface area contributed by atoms with Crippen LogP contribution in [0.1, 0.15) is 42.1 Å². The Balaban J connectivity index is 1.72. The molecule has 0 radical (unpaired) electrons. The van der Waals surface area contributed by atoms with E-state index in [9.17, 15) is 4.39 Å². The highest BCUT2D eigenvalue weighted by Gasteiger charge is 2.31. The molecule has 4 nitrogen and oxygen atoms in total. The molecule has 2 aromatic carbocycles. The zero-order chi connectivity index (χ0) is 16.5. The lowest BCUT2D eigenvalue weighted by Gasteiger charge is -2.32. The number of benzene rings is 2.